The number of fused-ring (bicyclic) bond motifs is 1. The smallest absolute Gasteiger partial charge is 0.251 e. The topological polar surface area (TPSA) is 75.7 Å². The fourth-order valence-corrected chi connectivity index (χ4v) is 6.54. The van der Waals surface area contributed by atoms with E-state index >= 15 is 0 Å². The summed E-state index contributed by atoms with van der Waals surface area (Å²) in [4.78, 5) is 13.0. The third-order valence-corrected chi connectivity index (χ3v) is 8.19. The molecular formula is C23H27ClN2O4S. The molecule has 3 atom stereocenters. The first-order valence-electron chi connectivity index (χ1n) is 10.6. The maximum absolute atomic E-state index is 13.3. The van der Waals surface area contributed by atoms with Gasteiger partial charge in [0.25, 0.3) is 5.91 Å². The molecule has 1 saturated heterocycles. The summed E-state index contributed by atoms with van der Waals surface area (Å²) < 4.78 is 33.6. The molecule has 1 heterocycles. The van der Waals surface area contributed by atoms with Gasteiger partial charge in [-0.2, -0.15) is 4.31 Å². The van der Waals surface area contributed by atoms with Crippen molar-refractivity contribution >= 4 is 27.5 Å². The van der Waals surface area contributed by atoms with Crippen molar-refractivity contribution in [2.24, 2.45) is 0 Å². The molecule has 0 aromatic heterocycles. The molecule has 166 valence electrons. The van der Waals surface area contributed by atoms with E-state index in [-0.39, 0.29) is 52.7 Å². The van der Waals surface area contributed by atoms with Crippen LogP contribution in [0.1, 0.15) is 54.2 Å². The fourth-order valence-electron chi connectivity index (χ4n) is 4.45. The van der Waals surface area contributed by atoms with Crippen LogP contribution in [0.15, 0.2) is 47.4 Å². The van der Waals surface area contributed by atoms with Crippen LogP contribution < -0.4 is 5.32 Å². The van der Waals surface area contributed by atoms with Crippen LogP contribution >= 0.6 is 11.6 Å². The molecule has 1 aliphatic heterocycles. The number of aryl methyl sites for hydroxylation is 1. The Balaban J connectivity index is 1.59. The maximum atomic E-state index is 13.3. The largest absolute Gasteiger partial charge is 0.373 e. The van der Waals surface area contributed by atoms with Gasteiger partial charge in [-0.1, -0.05) is 35.9 Å². The van der Waals surface area contributed by atoms with E-state index in [1.807, 2.05) is 32.0 Å². The minimum atomic E-state index is -3.85. The molecule has 1 fully saturated rings. The van der Waals surface area contributed by atoms with E-state index in [1.165, 1.54) is 22.0 Å². The lowest BCUT2D eigenvalue weighted by Crippen LogP contribution is -2.48. The summed E-state index contributed by atoms with van der Waals surface area (Å²) in [6.07, 6.45) is 2.42. The van der Waals surface area contributed by atoms with Gasteiger partial charge in [-0.25, -0.2) is 8.42 Å². The second kappa shape index (κ2) is 8.90. The summed E-state index contributed by atoms with van der Waals surface area (Å²) in [7, 11) is -3.85. The highest BCUT2D eigenvalue weighted by atomic mass is 35.5. The van der Waals surface area contributed by atoms with E-state index in [2.05, 4.69) is 11.4 Å². The normalized spacial score (nSPS) is 24.4. The number of ether oxygens (including phenoxy) is 1. The standard InChI is InChI=1S/C23H27ClN2O4S/c1-15-13-26(14-16(2)30-15)31(28,29)22-12-18(10-11-20(22)24)23(27)25-21-9-5-7-17-6-3-4-8-19(17)21/h3-4,6,8,10-12,15-16,21H,5,7,9,13-14H2,1-2H3,(H,25,27)/t15-,16-,21-/m1/s1. The van der Waals surface area contributed by atoms with E-state index in [0.29, 0.717) is 0 Å². The highest BCUT2D eigenvalue weighted by molar-refractivity contribution is 7.89. The van der Waals surface area contributed by atoms with Crippen molar-refractivity contribution in [2.75, 3.05) is 13.1 Å². The molecule has 1 N–H and O–H groups in total. The summed E-state index contributed by atoms with van der Waals surface area (Å²) in [5.74, 6) is -0.307. The van der Waals surface area contributed by atoms with E-state index < -0.39 is 10.0 Å². The number of nitrogens with one attached hydrogen (secondary N) is 1. The Kier molecular flexibility index (Phi) is 6.40. The van der Waals surface area contributed by atoms with Gasteiger partial charge in [-0.3, -0.25) is 4.79 Å². The summed E-state index contributed by atoms with van der Waals surface area (Å²) in [6.45, 7) is 4.17. The molecule has 0 unspecified atom stereocenters. The minimum absolute atomic E-state index is 0.0489. The molecule has 6 nitrogen and oxygen atoms in total. The monoisotopic (exact) mass is 462 g/mol. The Labute approximate surface area is 188 Å². The van der Waals surface area contributed by atoms with Crippen molar-refractivity contribution in [3.05, 3.63) is 64.2 Å². The van der Waals surface area contributed by atoms with Gasteiger partial charge >= 0.3 is 0 Å². The molecule has 0 spiro atoms. The van der Waals surface area contributed by atoms with E-state index in [1.54, 1.807) is 6.07 Å². The van der Waals surface area contributed by atoms with E-state index in [4.69, 9.17) is 16.3 Å². The molecular weight excluding hydrogens is 436 g/mol. The molecule has 0 saturated carbocycles. The van der Waals surface area contributed by atoms with Crippen molar-refractivity contribution in [1.29, 1.82) is 0 Å². The second-order valence-electron chi connectivity index (χ2n) is 8.34. The second-order valence-corrected chi connectivity index (χ2v) is 10.7. The number of carbonyl (C=O) groups is 1. The summed E-state index contributed by atoms with van der Waals surface area (Å²) in [6, 6.07) is 12.4. The zero-order chi connectivity index (χ0) is 22.2. The molecule has 2 aromatic carbocycles. The van der Waals surface area contributed by atoms with E-state index in [0.717, 1.165) is 24.8 Å². The van der Waals surface area contributed by atoms with Gasteiger partial charge in [0.05, 0.1) is 23.3 Å². The molecule has 1 amide bonds. The first-order valence-corrected chi connectivity index (χ1v) is 12.4. The number of carbonyl (C=O) groups excluding carboxylic acids is 1. The number of morpholine rings is 1. The Morgan fingerprint density at radius 2 is 1.84 bits per heavy atom. The summed E-state index contributed by atoms with van der Waals surface area (Å²) in [5.41, 5.74) is 2.65. The third kappa shape index (κ3) is 4.65. The van der Waals surface area contributed by atoms with Gasteiger partial charge < -0.3 is 10.1 Å². The molecule has 0 bridgehead atoms. The predicted octanol–water partition coefficient (Wildman–Crippen LogP) is 3.95. The van der Waals surface area contributed by atoms with Crippen molar-refractivity contribution in [3.8, 4) is 0 Å². The van der Waals surface area contributed by atoms with Crippen molar-refractivity contribution in [3.63, 3.8) is 0 Å². The zero-order valence-corrected chi connectivity index (χ0v) is 19.2. The van der Waals surface area contributed by atoms with Gasteiger partial charge in [0.1, 0.15) is 4.90 Å². The zero-order valence-electron chi connectivity index (χ0n) is 17.7. The average molecular weight is 463 g/mol. The highest BCUT2D eigenvalue weighted by Crippen LogP contribution is 2.31. The van der Waals surface area contributed by atoms with Gasteiger partial charge in [-0.05, 0) is 62.4 Å². The predicted molar refractivity (Wildman–Crippen MR) is 120 cm³/mol. The number of hydrogen-bond acceptors (Lipinski definition) is 4. The van der Waals surface area contributed by atoms with Crippen LogP contribution in [0, 0.1) is 0 Å². The van der Waals surface area contributed by atoms with Crippen molar-refractivity contribution in [2.45, 2.75) is 56.3 Å². The lowest BCUT2D eigenvalue weighted by Gasteiger charge is -2.34. The van der Waals surface area contributed by atoms with E-state index in [9.17, 15) is 13.2 Å². The lowest BCUT2D eigenvalue weighted by molar-refractivity contribution is -0.0440. The molecule has 2 aliphatic rings. The number of halogens is 1. The van der Waals surface area contributed by atoms with Crippen molar-refractivity contribution in [1.82, 2.24) is 9.62 Å². The first-order chi connectivity index (χ1) is 14.8. The quantitative estimate of drug-likeness (QED) is 0.746. The molecule has 4 rings (SSSR count). The highest BCUT2D eigenvalue weighted by Gasteiger charge is 2.34. The number of hydrogen-bond donors (Lipinski definition) is 1. The van der Waals surface area contributed by atoms with Crippen LogP contribution in [-0.4, -0.2) is 43.9 Å². The van der Waals surface area contributed by atoms with Gasteiger partial charge in [0, 0.05) is 18.7 Å². The number of benzene rings is 2. The van der Waals surface area contributed by atoms with Crippen LogP contribution in [-0.2, 0) is 21.2 Å². The Hall–Kier alpha value is -1.93. The van der Waals surface area contributed by atoms with Crippen LogP contribution in [0.5, 0.6) is 0 Å². The molecule has 8 heteroatoms. The average Bonchev–Trinajstić information content (AvgIpc) is 2.73. The van der Waals surface area contributed by atoms with Crippen molar-refractivity contribution < 1.29 is 17.9 Å². The molecule has 2 aromatic rings. The molecule has 0 radical (unpaired) electrons. The van der Waals surface area contributed by atoms with Crippen LogP contribution in [0.3, 0.4) is 0 Å². The first kappa shape index (κ1) is 22.3. The summed E-state index contributed by atoms with van der Waals surface area (Å²) >= 11 is 6.27. The van der Waals surface area contributed by atoms with Crippen LogP contribution in [0.2, 0.25) is 5.02 Å². The molecule has 1 aliphatic carbocycles. The van der Waals surface area contributed by atoms with Gasteiger partial charge in [0.2, 0.25) is 10.0 Å². The number of rotatable bonds is 4. The molecule has 31 heavy (non-hydrogen) atoms. The SMILES string of the molecule is C[C@@H]1CN(S(=O)(=O)c2cc(C(=O)N[C@@H]3CCCc4ccccc43)ccc2Cl)C[C@@H](C)O1. The fraction of sp³-hybridized carbons (Fsp3) is 0.435. The van der Waals surface area contributed by atoms with Gasteiger partial charge in [-0.15, -0.1) is 0 Å². The Morgan fingerprint density at radius 3 is 2.58 bits per heavy atom. The Bertz CT molecular complexity index is 1080. The van der Waals surface area contributed by atoms with Crippen LogP contribution in [0.25, 0.3) is 0 Å². The number of sulfonamides is 1. The van der Waals surface area contributed by atoms with Gasteiger partial charge in [0.15, 0.2) is 0 Å². The lowest BCUT2D eigenvalue weighted by atomic mass is 9.87. The van der Waals surface area contributed by atoms with Crippen LogP contribution in [0.4, 0.5) is 0 Å². The number of nitrogens with zero attached hydrogens (tertiary/aromatic N) is 1. The maximum Gasteiger partial charge on any atom is 0.251 e. The minimum Gasteiger partial charge on any atom is -0.373 e. The Morgan fingerprint density at radius 1 is 1.13 bits per heavy atom. The number of amides is 1. The summed E-state index contributed by atoms with van der Waals surface area (Å²) in [5, 5.41) is 3.18. The third-order valence-electron chi connectivity index (χ3n) is 5.87.